The molecule has 32 heavy (non-hydrogen) atoms. The molecule has 1 aromatic heterocycles. The summed E-state index contributed by atoms with van der Waals surface area (Å²) in [6.07, 6.45) is -3.06. The molecule has 0 saturated heterocycles. The number of carbonyl (C=O) groups excluding carboxylic acids is 1. The predicted molar refractivity (Wildman–Crippen MR) is 103 cm³/mol. The Morgan fingerprint density at radius 2 is 1.97 bits per heavy atom. The summed E-state index contributed by atoms with van der Waals surface area (Å²) in [5.74, 6) is 1.19. The first-order chi connectivity index (χ1) is 15.1. The maximum Gasteiger partial charge on any atom is 0.522 e. The van der Waals surface area contributed by atoms with Gasteiger partial charge >= 0.3 is 6.36 Å². The molecule has 4 saturated carbocycles. The number of alkyl halides is 3. The lowest BCUT2D eigenvalue weighted by Crippen LogP contribution is -2.77. The molecule has 170 valence electrons. The molecule has 1 amide bonds. The van der Waals surface area contributed by atoms with Crippen molar-refractivity contribution in [2.24, 2.45) is 0 Å². The zero-order valence-electron chi connectivity index (χ0n) is 16.7. The van der Waals surface area contributed by atoms with E-state index in [4.69, 9.17) is 20.8 Å². The minimum Gasteiger partial charge on any atom is -0.480 e. The number of hydrogen-bond donors (Lipinski definition) is 1. The Morgan fingerprint density at radius 1 is 1.22 bits per heavy atom. The van der Waals surface area contributed by atoms with E-state index in [0.717, 1.165) is 5.56 Å². The quantitative estimate of drug-likeness (QED) is 0.717. The lowest BCUT2D eigenvalue weighted by molar-refractivity contribution is -0.352. The lowest BCUT2D eigenvalue weighted by atomic mass is 9.39. The number of carbonyl (C=O) groups is 1. The van der Waals surface area contributed by atoms with Gasteiger partial charge in [0.05, 0.1) is 11.5 Å². The Morgan fingerprint density at radius 3 is 2.69 bits per heavy atom. The summed E-state index contributed by atoms with van der Waals surface area (Å²) >= 11 is 6.01. The van der Waals surface area contributed by atoms with Gasteiger partial charge in [-0.2, -0.15) is 0 Å². The smallest absolute Gasteiger partial charge is 0.480 e. The molecule has 7 nitrogen and oxygen atoms in total. The summed E-state index contributed by atoms with van der Waals surface area (Å²) < 4.78 is 52.4. The highest BCUT2D eigenvalue weighted by Crippen LogP contribution is 2.67. The molecular weight excluding hydrogens is 451 g/mol. The highest BCUT2D eigenvalue weighted by atomic mass is 35.5. The molecule has 0 unspecified atom stereocenters. The van der Waals surface area contributed by atoms with Gasteiger partial charge in [-0.1, -0.05) is 11.6 Å². The van der Waals surface area contributed by atoms with Gasteiger partial charge in [-0.05, 0) is 55.9 Å². The zero-order chi connectivity index (χ0) is 22.3. The van der Waals surface area contributed by atoms with Crippen molar-refractivity contribution in [3.63, 3.8) is 0 Å². The first-order valence-corrected chi connectivity index (χ1v) is 10.9. The second kappa shape index (κ2) is 6.60. The van der Waals surface area contributed by atoms with Gasteiger partial charge in [-0.25, -0.2) is 0 Å². The topological polar surface area (TPSA) is 86.5 Å². The summed E-state index contributed by atoms with van der Waals surface area (Å²) in [6, 6.07) is 5.32. The molecule has 2 bridgehead atoms. The van der Waals surface area contributed by atoms with Crippen molar-refractivity contribution in [1.82, 2.24) is 15.5 Å². The van der Waals surface area contributed by atoms with Crippen molar-refractivity contribution in [3.05, 3.63) is 40.6 Å². The Balaban J connectivity index is 1.02. The van der Waals surface area contributed by atoms with Crippen molar-refractivity contribution in [2.45, 2.75) is 74.0 Å². The van der Waals surface area contributed by atoms with Crippen LogP contribution in [0.2, 0.25) is 5.02 Å². The van der Waals surface area contributed by atoms with Crippen LogP contribution in [-0.2, 0) is 21.4 Å². The highest BCUT2D eigenvalue weighted by molar-refractivity contribution is 6.30. The third-order valence-corrected chi connectivity index (χ3v) is 7.28. The number of rotatable bonds is 5. The number of hydrogen-bond acceptors (Lipinski definition) is 6. The minimum absolute atomic E-state index is 0.151. The van der Waals surface area contributed by atoms with Crippen LogP contribution < -0.4 is 10.1 Å². The van der Waals surface area contributed by atoms with Gasteiger partial charge in [0.1, 0.15) is 5.75 Å². The van der Waals surface area contributed by atoms with Gasteiger partial charge in [-0.15, -0.1) is 23.4 Å². The number of benzene rings is 1. The standard InChI is InChI=1S/C21H19ClF3N3O4/c22-12-1-2-14-10(3-12)6-15(30-14)16(29)26-20-7-19(8-20,9-20)18-28-27-17(31-18)11-4-13(5-11)32-21(23,24)25/h1-3,11,13,15H,4-9H2,(H,26,29)/t11?,13?,15-,19?,20?/m1/s1. The SMILES string of the molecule is O=C(NC12CC(c3nnc(C4CC(OC(F)(F)F)C4)o3)(C1)C2)[C@H]1Cc2cc(Cl)ccc2O1. The number of ether oxygens (including phenoxy) is 2. The molecule has 1 aliphatic heterocycles. The second-order valence-corrected chi connectivity index (χ2v) is 9.88. The Bertz CT molecular complexity index is 1080. The van der Waals surface area contributed by atoms with Crippen LogP contribution in [0.1, 0.15) is 55.4 Å². The van der Waals surface area contributed by atoms with Crippen molar-refractivity contribution in [2.75, 3.05) is 0 Å². The van der Waals surface area contributed by atoms with E-state index in [2.05, 4.69) is 20.3 Å². The number of aromatic nitrogens is 2. The number of nitrogens with zero attached hydrogens (tertiary/aromatic N) is 2. The fraction of sp³-hybridized carbons (Fsp3) is 0.571. The fourth-order valence-corrected chi connectivity index (χ4v) is 5.71. The molecule has 11 heteroatoms. The summed E-state index contributed by atoms with van der Waals surface area (Å²) in [5.41, 5.74) is 0.379. The normalized spacial score (nSPS) is 34.6. The maximum atomic E-state index is 12.7. The number of nitrogens with one attached hydrogen (secondary N) is 1. The van der Waals surface area contributed by atoms with Crippen LogP contribution in [0.3, 0.4) is 0 Å². The average molecular weight is 470 g/mol. The van der Waals surface area contributed by atoms with Crippen LogP contribution >= 0.6 is 11.6 Å². The summed E-state index contributed by atoms with van der Waals surface area (Å²) in [5, 5.41) is 11.9. The Labute approximate surface area is 185 Å². The van der Waals surface area contributed by atoms with E-state index in [9.17, 15) is 18.0 Å². The van der Waals surface area contributed by atoms with Crippen LogP contribution in [0.4, 0.5) is 13.2 Å². The van der Waals surface area contributed by atoms with E-state index in [1.165, 1.54) is 0 Å². The highest BCUT2D eigenvalue weighted by Gasteiger charge is 2.72. The van der Waals surface area contributed by atoms with E-state index < -0.39 is 18.6 Å². The molecular formula is C21H19ClF3N3O4. The number of fused-ring (bicyclic) bond motifs is 1. The largest absolute Gasteiger partial charge is 0.522 e. The molecule has 1 aromatic carbocycles. The van der Waals surface area contributed by atoms with E-state index in [1.54, 1.807) is 12.1 Å². The van der Waals surface area contributed by atoms with Crippen LogP contribution in [0.15, 0.2) is 22.6 Å². The van der Waals surface area contributed by atoms with Gasteiger partial charge < -0.3 is 14.5 Å². The third-order valence-electron chi connectivity index (χ3n) is 7.05. The van der Waals surface area contributed by atoms with E-state index in [0.29, 0.717) is 48.2 Å². The van der Waals surface area contributed by atoms with Gasteiger partial charge in [-0.3, -0.25) is 9.53 Å². The van der Waals surface area contributed by atoms with E-state index in [-0.39, 0.29) is 35.6 Å². The van der Waals surface area contributed by atoms with Gasteiger partial charge in [0.2, 0.25) is 11.8 Å². The van der Waals surface area contributed by atoms with Crippen molar-refractivity contribution < 1.29 is 31.9 Å². The monoisotopic (exact) mass is 469 g/mol. The molecule has 1 N–H and O–H groups in total. The minimum atomic E-state index is -4.63. The molecule has 0 radical (unpaired) electrons. The summed E-state index contributed by atoms with van der Waals surface area (Å²) in [4.78, 5) is 12.7. The molecule has 2 aromatic rings. The molecule has 1 atom stereocenters. The first kappa shape index (κ1) is 20.3. The zero-order valence-corrected chi connectivity index (χ0v) is 17.5. The summed E-state index contributed by atoms with van der Waals surface area (Å²) in [6.45, 7) is 0. The Kier molecular flexibility index (Phi) is 4.18. The first-order valence-electron chi connectivity index (χ1n) is 10.5. The van der Waals surface area contributed by atoms with E-state index in [1.807, 2.05) is 6.07 Å². The molecule has 7 rings (SSSR count). The van der Waals surface area contributed by atoms with Gasteiger partial charge in [0.25, 0.3) is 5.91 Å². The van der Waals surface area contributed by atoms with E-state index >= 15 is 0 Å². The Hall–Kier alpha value is -2.33. The number of amides is 1. The van der Waals surface area contributed by atoms with Gasteiger partial charge in [0.15, 0.2) is 6.10 Å². The molecule has 4 fully saturated rings. The molecule has 4 aliphatic carbocycles. The second-order valence-electron chi connectivity index (χ2n) is 9.44. The predicted octanol–water partition coefficient (Wildman–Crippen LogP) is 3.80. The van der Waals surface area contributed by atoms with Crippen molar-refractivity contribution in [3.8, 4) is 5.75 Å². The molecule has 0 spiro atoms. The third kappa shape index (κ3) is 3.26. The summed E-state index contributed by atoms with van der Waals surface area (Å²) in [7, 11) is 0. The van der Waals surface area contributed by atoms with Gasteiger partial charge in [0, 0.05) is 22.9 Å². The van der Waals surface area contributed by atoms with Crippen molar-refractivity contribution in [1.29, 1.82) is 0 Å². The fourth-order valence-electron chi connectivity index (χ4n) is 5.52. The van der Waals surface area contributed by atoms with Crippen LogP contribution in [0.5, 0.6) is 5.75 Å². The number of halogens is 4. The average Bonchev–Trinajstić information content (AvgIpc) is 3.25. The van der Waals surface area contributed by atoms with Crippen LogP contribution in [0.25, 0.3) is 0 Å². The van der Waals surface area contributed by atoms with Crippen molar-refractivity contribution >= 4 is 17.5 Å². The maximum absolute atomic E-state index is 12.7. The molecule has 5 aliphatic rings. The molecule has 2 heterocycles. The lowest BCUT2D eigenvalue weighted by Gasteiger charge is -2.68. The van der Waals surface area contributed by atoms with Crippen LogP contribution in [-0.4, -0.2) is 40.2 Å². The van der Waals surface area contributed by atoms with Crippen LogP contribution in [0, 0.1) is 0 Å².